The van der Waals surface area contributed by atoms with Crippen LogP contribution in [-0.2, 0) is 21.4 Å². The third-order valence-corrected chi connectivity index (χ3v) is 7.67. The van der Waals surface area contributed by atoms with Crippen LogP contribution in [0.25, 0.3) is 0 Å². The van der Waals surface area contributed by atoms with E-state index in [2.05, 4.69) is 23.1 Å². The van der Waals surface area contributed by atoms with E-state index in [0.717, 1.165) is 37.5 Å². The Labute approximate surface area is 155 Å². The van der Waals surface area contributed by atoms with E-state index in [9.17, 15) is 4.79 Å². The number of Topliss-reactive ketones (excluding diaryl/α,β-unsaturated/α-hetero) is 1. The highest BCUT2D eigenvalue weighted by Gasteiger charge is 2.66. The second kappa shape index (κ2) is 5.80. The van der Waals surface area contributed by atoms with Gasteiger partial charge in [-0.05, 0) is 56.2 Å². The number of carbonyl (C=O) groups is 1. The van der Waals surface area contributed by atoms with Gasteiger partial charge in [-0.2, -0.15) is 0 Å². The van der Waals surface area contributed by atoms with Gasteiger partial charge in [-0.1, -0.05) is 12.1 Å². The van der Waals surface area contributed by atoms with Gasteiger partial charge in [-0.25, -0.2) is 0 Å². The third kappa shape index (κ3) is 2.12. The summed E-state index contributed by atoms with van der Waals surface area (Å²) in [5.41, 5.74) is 2.12. The SMILES string of the molecule is COc1cccc2c1[C@@]13CCN(CC4CC4)C(C2)[C@]1(OC)CCC(=O)C3. The normalized spacial score (nSPS) is 36.4. The van der Waals surface area contributed by atoms with Gasteiger partial charge in [-0.3, -0.25) is 9.69 Å². The summed E-state index contributed by atoms with van der Waals surface area (Å²) >= 11 is 0. The molecule has 1 aromatic rings. The monoisotopic (exact) mass is 355 g/mol. The molecule has 3 aliphatic carbocycles. The van der Waals surface area contributed by atoms with Crippen LogP contribution in [0.15, 0.2) is 18.2 Å². The standard InChI is InChI=1S/C22H29NO3/c1-25-18-5-3-4-16-12-19-22(26-2)9-8-17(24)13-21(22,20(16)18)10-11-23(19)14-15-6-7-15/h3-5,15,19H,6-14H2,1-2H3/t19?,21-,22+/m0/s1. The minimum Gasteiger partial charge on any atom is -0.496 e. The van der Waals surface area contributed by atoms with Gasteiger partial charge < -0.3 is 9.47 Å². The van der Waals surface area contributed by atoms with E-state index in [1.807, 2.05) is 7.11 Å². The summed E-state index contributed by atoms with van der Waals surface area (Å²) in [6.07, 6.45) is 6.82. The number of likely N-dealkylation sites (tertiary alicyclic amines) is 1. The van der Waals surface area contributed by atoms with E-state index in [-0.39, 0.29) is 11.0 Å². The van der Waals surface area contributed by atoms with Gasteiger partial charge in [-0.15, -0.1) is 0 Å². The Morgan fingerprint density at radius 2 is 2.08 bits per heavy atom. The Bertz CT molecular complexity index is 743. The van der Waals surface area contributed by atoms with E-state index in [1.54, 1.807) is 7.11 Å². The molecule has 0 spiro atoms. The third-order valence-electron chi connectivity index (χ3n) is 7.67. The van der Waals surface area contributed by atoms with Gasteiger partial charge in [0.2, 0.25) is 0 Å². The summed E-state index contributed by atoms with van der Waals surface area (Å²) in [6, 6.07) is 6.77. The van der Waals surface area contributed by atoms with E-state index in [0.29, 0.717) is 24.7 Å². The fourth-order valence-corrected chi connectivity index (χ4v) is 6.38. The molecule has 1 unspecified atom stereocenters. The molecule has 5 rings (SSSR count). The predicted molar refractivity (Wildman–Crippen MR) is 99.7 cm³/mol. The van der Waals surface area contributed by atoms with Crippen molar-refractivity contribution in [2.24, 2.45) is 5.92 Å². The van der Waals surface area contributed by atoms with Crippen LogP contribution in [0.2, 0.25) is 0 Å². The summed E-state index contributed by atoms with van der Waals surface area (Å²) < 4.78 is 12.2. The molecule has 2 saturated carbocycles. The summed E-state index contributed by atoms with van der Waals surface area (Å²) in [6.45, 7) is 2.26. The predicted octanol–water partition coefficient (Wildman–Crippen LogP) is 3.11. The molecule has 26 heavy (non-hydrogen) atoms. The van der Waals surface area contributed by atoms with Crippen LogP contribution in [0.3, 0.4) is 0 Å². The molecule has 0 aromatic heterocycles. The van der Waals surface area contributed by atoms with Gasteiger partial charge in [0.1, 0.15) is 11.5 Å². The lowest BCUT2D eigenvalue weighted by molar-refractivity contribution is -0.188. The smallest absolute Gasteiger partial charge is 0.134 e. The first-order chi connectivity index (χ1) is 12.6. The van der Waals surface area contributed by atoms with Crippen LogP contribution in [0, 0.1) is 5.92 Å². The molecule has 0 amide bonds. The van der Waals surface area contributed by atoms with E-state index < -0.39 is 0 Å². The maximum Gasteiger partial charge on any atom is 0.134 e. The van der Waals surface area contributed by atoms with Crippen molar-refractivity contribution in [2.75, 3.05) is 27.3 Å². The zero-order valence-electron chi connectivity index (χ0n) is 15.9. The van der Waals surface area contributed by atoms with Crippen molar-refractivity contribution in [3.05, 3.63) is 29.3 Å². The molecule has 0 N–H and O–H groups in total. The second-order valence-corrected chi connectivity index (χ2v) is 8.79. The van der Waals surface area contributed by atoms with Crippen molar-refractivity contribution in [1.82, 2.24) is 4.90 Å². The van der Waals surface area contributed by atoms with Crippen LogP contribution in [0.1, 0.15) is 49.7 Å². The number of methoxy groups -OCH3 is 2. The number of fused-ring (bicyclic) bond motifs is 1. The molecule has 4 aliphatic rings. The highest BCUT2D eigenvalue weighted by atomic mass is 16.5. The molecule has 3 atom stereocenters. The topological polar surface area (TPSA) is 38.8 Å². The van der Waals surface area contributed by atoms with Crippen LogP contribution in [0.4, 0.5) is 0 Å². The van der Waals surface area contributed by atoms with E-state index >= 15 is 0 Å². The number of hydrogen-bond donors (Lipinski definition) is 0. The molecular formula is C22H29NO3. The van der Waals surface area contributed by atoms with Crippen LogP contribution >= 0.6 is 0 Å². The number of carbonyl (C=O) groups excluding carboxylic acids is 1. The molecule has 1 saturated heterocycles. The molecular weight excluding hydrogens is 326 g/mol. The highest BCUT2D eigenvalue weighted by Crippen LogP contribution is 2.61. The van der Waals surface area contributed by atoms with Crippen molar-refractivity contribution >= 4 is 5.78 Å². The summed E-state index contributed by atoms with van der Waals surface area (Å²) in [5.74, 6) is 2.19. The van der Waals surface area contributed by atoms with Gasteiger partial charge in [0.25, 0.3) is 0 Å². The number of piperidine rings is 1. The van der Waals surface area contributed by atoms with Gasteiger partial charge in [0.15, 0.2) is 0 Å². The van der Waals surface area contributed by atoms with E-state index in [4.69, 9.17) is 9.47 Å². The number of ether oxygens (including phenoxy) is 2. The number of benzene rings is 1. The Morgan fingerprint density at radius 1 is 1.23 bits per heavy atom. The van der Waals surface area contributed by atoms with Gasteiger partial charge in [0.05, 0.1) is 12.7 Å². The summed E-state index contributed by atoms with van der Waals surface area (Å²) in [7, 11) is 3.62. The Kier molecular flexibility index (Phi) is 3.74. The lowest BCUT2D eigenvalue weighted by atomic mass is 9.49. The first-order valence-electron chi connectivity index (χ1n) is 10.1. The molecule has 1 aliphatic heterocycles. The summed E-state index contributed by atoms with van der Waals surface area (Å²) in [4.78, 5) is 15.3. The van der Waals surface area contributed by atoms with Crippen LogP contribution in [0.5, 0.6) is 5.75 Å². The molecule has 0 radical (unpaired) electrons. The van der Waals surface area contributed by atoms with Crippen molar-refractivity contribution in [2.45, 2.75) is 62.0 Å². The minimum atomic E-state index is -0.268. The van der Waals surface area contributed by atoms with Crippen molar-refractivity contribution in [3.63, 3.8) is 0 Å². The van der Waals surface area contributed by atoms with Crippen molar-refractivity contribution in [1.29, 1.82) is 0 Å². The fraction of sp³-hybridized carbons (Fsp3) is 0.682. The zero-order valence-corrected chi connectivity index (χ0v) is 15.9. The molecule has 4 nitrogen and oxygen atoms in total. The zero-order chi connectivity index (χ0) is 17.9. The van der Waals surface area contributed by atoms with Crippen LogP contribution in [-0.4, -0.2) is 49.6 Å². The van der Waals surface area contributed by atoms with Gasteiger partial charge >= 0.3 is 0 Å². The maximum atomic E-state index is 12.6. The molecule has 3 fully saturated rings. The average molecular weight is 355 g/mol. The van der Waals surface area contributed by atoms with Crippen LogP contribution < -0.4 is 4.74 Å². The Morgan fingerprint density at radius 3 is 2.81 bits per heavy atom. The molecule has 140 valence electrons. The Hall–Kier alpha value is -1.39. The highest BCUT2D eigenvalue weighted by molar-refractivity contribution is 5.83. The fourth-order valence-electron chi connectivity index (χ4n) is 6.38. The number of rotatable bonds is 4. The summed E-state index contributed by atoms with van der Waals surface area (Å²) in [5, 5.41) is 0. The van der Waals surface area contributed by atoms with Crippen molar-refractivity contribution in [3.8, 4) is 5.75 Å². The molecule has 2 bridgehead atoms. The lowest BCUT2D eigenvalue weighted by Crippen LogP contribution is -2.74. The first-order valence-corrected chi connectivity index (χ1v) is 10.1. The maximum absolute atomic E-state index is 12.6. The number of nitrogens with zero attached hydrogens (tertiary/aromatic N) is 1. The number of hydrogen-bond acceptors (Lipinski definition) is 4. The van der Waals surface area contributed by atoms with Gasteiger partial charge in [0, 0.05) is 43.5 Å². The molecule has 4 heteroatoms. The number of ketones is 1. The molecule has 1 aromatic carbocycles. The lowest BCUT2D eigenvalue weighted by Gasteiger charge is -2.65. The first kappa shape index (κ1) is 16.8. The van der Waals surface area contributed by atoms with E-state index in [1.165, 1.54) is 30.5 Å². The second-order valence-electron chi connectivity index (χ2n) is 8.79. The Balaban J connectivity index is 1.70. The van der Waals surface area contributed by atoms with Crippen molar-refractivity contribution < 1.29 is 14.3 Å². The average Bonchev–Trinajstić information content (AvgIpc) is 3.47. The minimum absolute atomic E-state index is 0.234. The largest absolute Gasteiger partial charge is 0.496 e. The molecule has 1 heterocycles. The quantitative estimate of drug-likeness (QED) is 0.832.